The summed E-state index contributed by atoms with van der Waals surface area (Å²) in [4.78, 5) is 23.8. The van der Waals surface area contributed by atoms with Crippen molar-refractivity contribution >= 4 is 29.2 Å². The van der Waals surface area contributed by atoms with Crippen molar-refractivity contribution in [1.82, 2.24) is 0 Å². The second-order valence-corrected chi connectivity index (χ2v) is 6.34. The van der Waals surface area contributed by atoms with Gasteiger partial charge in [-0.1, -0.05) is 37.3 Å². The molecule has 6 heteroatoms. The number of nitrogens with one attached hydrogen (secondary N) is 1. The van der Waals surface area contributed by atoms with Gasteiger partial charge in [-0.2, -0.15) is 0 Å². The van der Waals surface area contributed by atoms with Crippen LogP contribution in [0.25, 0.3) is 0 Å². The number of carbonyl (C=O) groups excluding carboxylic acids is 2. The normalized spacial score (nSPS) is 16.1. The lowest BCUT2D eigenvalue weighted by Crippen LogP contribution is -2.30. The average Bonchev–Trinajstić information content (AvgIpc) is 3.01. The van der Waals surface area contributed by atoms with Gasteiger partial charge >= 0.3 is 5.97 Å². The molecule has 4 nitrogen and oxygen atoms in total. The van der Waals surface area contributed by atoms with Crippen LogP contribution in [0.4, 0.5) is 10.1 Å². The number of halogens is 2. The zero-order valence-electron chi connectivity index (χ0n) is 13.1. The molecule has 1 N–H and O–H groups in total. The van der Waals surface area contributed by atoms with Crippen LogP contribution in [0.5, 0.6) is 0 Å². The monoisotopic (exact) mass is 341 g/mol. The van der Waals surface area contributed by atoms with Gasteiger partial charge in [0.1, 0.15) is 5.82 Å². The van der Waals surface area contributed by atoms with Gasteiger partial charge in [0.25, 0.3) is 5.91 Å². The fourth-order valence-corrected chi connectivity index (χ4v) is 2.97. The zero-order chi connectivity index (χ0) is 16.8. The van der Waals surface area contributed by atoms with E-state index in [-0.39, 0.29) is 16.7 Å². The number of benzene rings is 1. The Labute approximate surface area is 140 Å². The van der Waals surface area contributed by atoms with Crippen LogP contribution in [0.1, 0.15) is 45.4 Å². The highest BCUT2D eigenvalue weighted by Crippen LogP contribution is 2.28. The van der Waals surface area contributed by atoms with Gasteiger partial charge in [-0.05, 0) is 37.5 Å². The van der Waals surface area contributed by atoms with Crippen molar-refractivity contribution in [1.29, 1.82) is 0 Å². The van der Waals surface area contributed by atoms with Gasteiger partial charge in [0.2, 0.25) is 0 Å². The number of carbonyl (C=O) groups is 2. The highest BCUT2D eigenvalue weighted by atomic mass is 35.5. The lowest BCUT2D eigenvalue weighted by Gasteiger charge is -2.15. The van der Waals surface area contributed by atoms with Crippen LogP contribution >= 0.6 is 11.6 Å². The zero-order valence-corrected chi connectivity index (χ0v) is 13.9. The van der Waals surface area contributed by atoms with Gasteiger partial charge in [0.05, 0.1) is 10.7 Å². The minimum Gasteiger partial charge on any atom is -0.453 e. The third-order valence-corrected chi connectivity index (χ3v) is 4.41. The summed E-state index contributed by atoms with van der Waals surface area (Å²) >= 11 is 5.84. The largest absolute Gasteiger partial charge is 0.453 e. The summed E-state index contributed by atoms with van der Waals surface area (Å²) < 4.78 is 18.1. The average molecular weight is 342 g/mol. The first-order valence-electron chi connectivity index (χ1n) is 7.91. The fourth-order valence-electron chi connectivity index (χ4n) is 2.76. The molecule has 1 saturated carbocycles. The van der Waals surface area contributed by atoms with Gasteiger partial charge in [-0.15, -0.1) is 0 Å². The Hall–Kier alpha value is -1.62. The van der Waals surface area contributed by atoms with Crippen LogP contribution in [-0.2, 0) is 14.3 Å². The Morgan fingerprint density at radius 2 is 2.09 bits per heavy atom. The Balaban J connectivity index is 1.78. The Morgan fingerprint density at radius 3 is 2.74 bits per heavy atom. The van der Waals surface area contributed by atoms with Gasteiger partial charge < -0.3 is 10.1 Å². The number of amides is 1. The van der Waals surface area contributed by atoms with Crippen LogP contribution < -0.4 is 5.32 Å². The first-order valence-corrected chi connectivity index (χ1v) is 8.29. The molecule has 0 bridgehead atoms. The Morgan fingerprint density at radius 1 is 1.39 bits per heavy atom. The lowest BCUT2D eigenvalue weighted by atomic mass is 10.0. The van der Waals surface area contributed by atoms with Crippen molar-refractivity contribution in [2.75, 3.05) is 5.32 Å². The van der Waals surface area contributed by atoms with E-state index in [1.54, 1.807) is 0 Å². The molecule has 0 spiro atoms. The van der Waals surface area contributed by atoms with E-state index in [0.717, 1.165) is 12.5 Å². The van der Waals surface area contributed by atoms with Gasteiger partial charge in [-0.3, -0.25) is 9.59 Å². The number of hydrogen-bond acceptors (Lipinski definition) is 3. The molecule has 1 atom stereocenters. The van der Waals surface area contributed by atoms with Crippen LogP contribution in [0.3, 0.4) is 0 Å². The maximum Gasteiger partial charge on any atom is 0.306 e. The lowest BCUT2D eigenvalue weighted by molar-refractivity contribution is -0.153. The van der Waals surface area contributed by atoms with E-state index in [2.05, 4.69) is 5.32 Å². The summed E-state index contributed by atoms with van der Waals surface area (Å²) in [5.74, 6) is -0.749. The topological polar surface area (TPSA) is 55.4 Å². The quantitative estimate of drug-likeness (QED) is 0.784. The number of hydrogen-bond donors (Lipinski definition) is 1. The van der Waals surface area contributed by atoms with Crippen molar-refractivity contribution in [2.45, 2.75) is 51.6 Å². The van der Waals surface area contributed by atoms with Crippen molar-refractivity contribution in [3.8, 4) is 0 Å². The summed E-state index contributed by atoms with van der Waals surface area (Å²) in [6.45, 7) is 1.50. The predicted molar refractivity (Wildman–Crippen MR) is 86.8 cm³/mol. The fraction of sp³-hybridized carbons (Fsp3) is 0.529. The Bertz CT molecular complexity index is 573. The van der Waals surface area contributed by atoms with E-state index < -0.39 is 17.8 Å². The molecule has 1 aromatic carbocycles. The van der Waals surface area contributed by atoms with E-state index in [9.17, 15) is 14.0 Å². The molecule has 1 aliphatic rings. The summed E-state index contributed by atoms with van der Waals surface area (Å²) in [7, 11) is 0. The molecule has 0 saturated heterocycles. The van der Waals surface area contributed by atoms with Crippen LogP contribution in [0, 0.1) is 11.7 Å². The van der Waals surface area contributed by atoms with E-state index in [4.69, 9.17) is 16.3 Å². The summed E-state index contributed by atoms with van der Waals surface area (Å²) in [6, 6.07) is 3.67. The van der Waals surface area contributed by atoms with Crippen molar-refractivity contribution in [3.05, 3.63) is 29.0 Å². The summed E-state index contributed by atoms with van der Waals surface area (Å²) in [6.07, 6.45) is 5.04. The molecule has 1 aliphatic carbocycles. The van der Waals surface area contributed by atoms with E-state index in [1.807, 2.05) is 0 Å². The van der Waals surface area contributed by atoms with E-state index in [1.165, 1.54) is 44.7 Å². The van der Waals surface area contributed by atoms with Gasteiger partial charge in [0, 0.05) is 6.42 Å². The summed E-state index contributed by atoms with van der Waals surface area (Å²) in [5, 5.41) is 2.62. The first-order chi connectivity index (χ1) is 11.0. The highest BCUT2D eigenvalue weighted by molar-refractivity contribution is 6.33. The summed E-state index contributed by atoms with van der Waals surface area (Å²) in [5.41, 5.74) is 0.284. The smallest absolute Gasteiger partial charge is 0.306 e. The molecular weight excluding hydrogens is 321 g/mol. The SMILES string of the molecule is C[C@H](OC(=O)CCC1CCCC1)C(=O)Nc1ccc(F)cc1Cl. The highest BCUT2D eigenvalue weighted by Gasteiger charge is 2.21. The third kappa shape index (κ3) is 5.50. The van der Waals surface area contributed by atoms with E-state index >= 15 is 0 Å². The number of esters is 1. The van der Waals surface area contributed by atoms with Gasteiger partial charge in [-0.25, -0.2) is 4.39 Å². The second-order valence-electron chi connectivity index (χ2n) is 5.93. The molecule has 0 heterocycles. The molecular formula is C17H21ClFNO3. The number of anilines is 1. The second kappa shape index (κ2) is 8.29. The predicted octanol–water partition coefficient (Wildman–Crippen LogP) is 4.32. The van der Waals surface area contributed by atoms with Crippen molar-refractivity contribution < 1.29 is 18.7 Å². The maximum atomic E-state index is 13.0. The van der Waals surface area contributed by atoms with Crippen LogP contribution in [-0.4, -0.2) is 18.0 Å². The standard InChI is InChI=1S/C17H21ClFNO3/c1-11(23-16(21)9-6-12-4-2-3-5-12)17(22)20-15-8-7-13(19)10-14(15)18/h7-8,10-12H,2-6,9H2,1H3,(H,20,22)/t11-/m0/s1. The molecule has 1 amide bonds. The molecule has 23 heavy (non-hydrogen) atoms. The minimum absolute atomic E-state index is 0.0955. The molecule has 0 unspecified atom stereocenters. The minimum atomic E-state index is -0.924. The number of rotatable bonds is 6. The number of ether oxygens (including phenoxy) is 1. The molecule has 0 radical (unpaired) electrons. The van der Waals surface area contributed by atoms with Crippen LogP contribution in [0.15, 0.2) is 18.2 Å². The van der Waals surface area contributed by atoms with Crippen LogP contribution in [0.2, 0.25) is 5.02 Å². The molecule has 126 valence electrons. The van der Waals surface area contributed by atoms with E-state index in [0.29, 0.717) is 12.3 Å². The van der Waals surface area contributed by atoms with Crippen molar-refractivity contribution in [2.24, 2.45) is 5.92 Å². The third-order valence-electron chi connectivity index (χ3n) is 4.10. The molecule has 0 aliphatic heterocycles. The maximum absolute atomic E-state index is 13.0. The molecule has 1 aromatic rings. The van der Waals surface area contributed by atoms with Gasteiger partial charge in [0.15, 0.2) is 6.10 Å². The van der Waals surface area contributed by atoms with Crippen molar-refractivity contribution in [3.63, 3.8) is 0 Å². The molecule has 0 aromatic heterocycles. The molecule has 2 rings (SSSR count). The molecule has 1 fully saturated rings. The Kier molecular flexibility index (Phi) is 6.39. The first kappa shape index (κ1) is 17.7.